The second kappa shape index (κ2) is 9.62. The third-order valence-corrected chi connectivity index (χ3v) is 8.55. The molecule has 1 atom stereocenters. The molecule has 3 aromatic carbocycles. The van der Waals surface area contributed by atoms with Gasteiger partial charge in [-0.2, -0.15) is 0 Å². The molecule has 1 N–H and O–H groups in total. The number of amides is 1. The van der Waals surface area contributed by atoms with Gasteiger partial charge < -0.3 is 9.26 Å². The fraction of sp³-hybridized carbons (Fsp3) is 0.214. The standard InChI is InChI=1S/C28H26N2O5S/c1-18-26(29-28(31)34-19(2)20-6-4-3-5-7-20)27(35-30-18)23-10-8-21(9-11-23)22-12-14-24(15-13-22)36(32,33)25-16-17-25/h3-15,19,25H,16-17H2,1-2H3,(H,29,31)/t19-/m1/s1. The van der Waals surface area contributed by atoms with E-state index in [0.717, 1.165) is 35.1 Å². The van der Waals surface area contributed by atoms with Gasteiger partial charge in [0.15, 0.2) is 15.6 Å². The SMILES string of the molecule is Cc1noc(-c2ccc(-c3ccc(S(=O)(=O)C4CC4)cc3)cc2)c1NC(=O)O[C@H](C)c1ccccc1. The Morgan fingerprint density at radius 2 is 1.53 bits per heavy atom. The summed E-state index contributed by atoms with van der Waals surface area (Å²) in [5, 5.41) is 6.55. The third-order valence-electron chi connectivity index (χ3n) is 6.27. The van der Waals surface area contributed by atoms with Gasteiger partial charge in [0, 0.05) is 5.56 Å². The number of ether oxygens (including phenoxy) is 1. The summed E-state index contributed by atoms with van der Waals surface area (Å²) in [5.74, 6) is 0.425. The van der Waals surface area contributed by atoms with Gasteiger partial charge in [0.2, 0.25) is 0 Å². The van der Waals surface area contributed by atoms with Crippen LogP contribution in [-0.2, 0) is 14.6 Å². The number of nitrogens with zero attached hydrogens (tertiary/aromatic N) is 1. The maximum Gasteiger partial charge on any atom is 0.412 e. The average Bonchev–Trinajstić information content (AvgIpc) is 3.70. The second-order valence-corrected chi connectivity index (χ2v) is 11.1. The fourth-order valence-electron chi connectivity index (χ4n) is 4.02. The van der Waals surface area contributed by atoms with Crippen molar-refractivity contribution in [3.63, 3.8) is 0 Å². The van der Waals surface area contributed by atoms with Gasteiger partial charge in [-0.3, -0.25) is 5.32 Å². The number of anilines is 1. The molecule has 7 nitrogen and oxygen atoms in total. The number of hydrogen-bond donors (Lipinski definition) is 1. The Morgan fingerprint density at radius 1 is 0.944 bits per heavy atom. The molecule has 36 heavy (non-hydrogen) atoms. The number of rotatable bonds is 7. The molecule has 0 aliphatic heterocycles. The maximum atomic E-state index is 12.6. The van der Waals surface area contributed by atoms with Gasteiger partial charge in [0.1, 0.15) is 17.5 Å². The number of nitrogens with one attached hydrogen (secondary N) is 1. The third kappa shape index (κ3) is 4.90. The second-order valence-electron chi connectivity index (χ2n) is 8.90. The molecule has 5 rings (SSSR count). The fourth-order valence-corrected chi connectivity index (χ4v) is 5.68. The van der Waals surface area contributed by atoms with E-state index >= 15 is 0 Å². The van der Waals surface area contributed by atoms with E-state index in [1.807, 2.05) is 73.7 Å². The first-order valence-corrected chi connectivity index (χ1v) is 13.3. The molecule has 1 aliphatic rings. The smallest absolute Gasteiger partial charge is 0.412 e. The lowest BCUT2D eigenvalue weighted by Crippen LogP contribution is -2.16. The highest BCUT2D eigenvalue weighted by Gasteiger charge is 2.36. The molecule has 4 aromatic rings. The molecule has 0 spiro atoms. The summed E-state index contributed by atoms with van der Waals surface area (Å²) in [7, 11) is -3.21. The minimum Gasteiger partial charge on any atom is -0.441 e. The predicted octanol–water partition coefficient (Wildman–Crippen LogP) is 6.56. The Balaban J connectivity index is 1.30. The van der Waals surface area contributed by atoms with Crippen LogP contribution in [0.1, 0.15) is 37.1 Å². The van der Waals surface area contributed by atoms with E-state index in [-0.39, 0.29) is 5.25 Å². The van der Waals surface area contributed by atoms with Gasteiger partial charge in [-0.1, -0.05) is 71.9 Å². The molecule has 1 fully saturated rings. The van der Waals surface area contributed by atoms with Crippen molar-refractivity contribution in [1.82, 2.24) is 5.16 Å². The zero-order chi connectivity index (χ0) is 25.3. The topological polar surface area (TPSA) is 98.5 Å². The zero-order valence-electron chi connectivity index (χ0n) is 20.0. The predicted molar refractivity (Wildman–Crippen MR) is 137 cm³/mol. The van der Waals surface area contributed by atoms with Crippen LogP contribution in [0.15, 0.2) is 88.3 Å². The number of hydrogen-bond acceptors (Lipinski definition) is 6. The Bertz CT molecular complexity index is 1470. The van der Waals surface area contributed by atoms with Crippen LogP contribution in [0.2, 0.25) is 0 Å². The molecule has 0 saturated heterocycles. The summed E-state index contributed by atoms with van der Waals surface area (Å²) in [6.45, 7) is 3.55. The van der Waals surface area contributed by atoms with Gasteiger partial charge >= 0.3 is 6.09 Å². The molecule has 1 amide bonds. The number of aromatic nitrogens is 1. The van der Waals surface area contributed by atoms with E-state index in [0.29, 0.717) is 22.0 Å². The number of aryl methyl sites for hydroxylation is 1. The highest BCUT2D eigenvalue weighted by Crippen LogP contribution is 2.35. The van der Waals surface area contributed by atoms with Crippen LogP contribution in [0.5, 0.6) is 0 Å². The van der Waals surface area contributed by atoms with E-state index in [4.69, 9.17) is 9.26 Å². The molecule has 184 valence electrons. The molecular weight excluding hydrogens is 476 g/mol. The summed E-state index contributed by atoms with van der Waals surface area (Å²) in [5.41, 5.74) is 4.44. The molecule has 1 saturated carbocycles. The highest BCUT2D eigenvalue weighted by atomic mass is 32.2. The Labute approximate surface area is 210 Å². The van der Waals surface area contributed by atoms with E-state index < -0.39 is 22.0 Å². The van der Waals surface area contributed by atoms with Crippen molar-refractivity contribution in [3.8, 4) is 22.5 Å². The lowest BCUT2D eigenvalue weighted by atomic mass is 10.0. The van der Waals surface area contributed by atoms with Crippen LogP contribution in [0, 0.1) is 6.92 Å². The molecular formula is C28H26N2O5S. The van der Waals surface area contributed by atoms with Crippen molar-refractivity contribution < 1.29 is 22.5 Å². The quantitative estimate of drug-likeness (QED) is 0.307. The summed E-state index contributed by atoms with van der Waals surface area (Å²) in [4.78, 5) is 12.9. The molecule has 0 unspecified atom stereocenters. The monoisotopic (exact) mass is 502 g/mol. The first-order valence-electron chi connectivity index (χ1n) is 11.8. The van der Waals surface area contributed by atoms with Gasteiger partial charge in [-0.25, -0.2) is 13.2 Å². The minimum atomic E-state index is -3.21. The Morgan fingerprint density at radius 3 is 2.14 bits per heavy atom. The van der Waals surface area contributed by atoms with Crippen molar-refractivity contribution in [1.29, 1.82) is 0 Å². The van der Waals surface area contributed by atoms with Crippen LogP contribution in [0.25, 0.3) is 22.5 Å². The number of carbonyl (C=O) groups excluding carboxylic acids is 1. The average molecular weight is 503 g/mol. The summed E-state index contributed by atoms with van der Waals surface area (Å²) < 4.78 is 35.9. The van der Waals surface area contributed by atoms with Crippen LogP contribution in [0.4, 0.5) is 10.5 Å². The molecule has 8 heteroatoms. The van der Waals surface area contributed by atoms with Crippen LogP contribution in [-0.4, -0.2) is 24.9 Å². The molecule has 0 radical (unpaired) electrons. The summed E-state index contributed by atoms with van der Waals surface area (Å²) in [6, 6.07) is 24.0. The van der Waals surface area contributed by atoms with Crippen molar-refractivity contribution in [2.24, 2.45) is 0 Å². The first-order chi connectivity index (χ1) is 17.3. The Hall–Kier alpha value is -3.91. The van der Waals surface area contributed by atoms with E-state index in [2.05, 4.69) is 10.5 Å². The van der Waals surface area contributed by atoms with Crippen LogP contribution in [0.3, 0.4) is 0 Å². The number of benzene rings is 3. The number of carbonyl (C=O) groups is 1. The van der Waals surface area contributed by atoms with Crippen molar-refractivity contribution in [2.75, 3.05) is 5.32 Å². The minimum absolute atomic E-state index is 0.227. The Kier molecular flexibility index (Phi) is 6.36. The van der Waals surface area contributed by atoms with Crippen LogP contribution < -0.4 is 5.32 Å². The molecule has 1 aliphatic carbocycles. The molecule has 1 heterocycles. The van der Waals surface area contributed by atoms with Gasteiger partial charge in [-0.05, 0) is 55.5 Å². The lowest BCUT2D eigenvalue weighted by Gasteiger charge is -2.14. The zero-order valence-corrected chi connectivity index (χ0v) is 20.8. The summed E-state index contributed by atoms with van der Waals surface area (Å²) in [6.07, 6.45) is 0.470. The van der Waals surface area contributed by atoms with Crippen LogP contribution >= 0.6 is 0 Å². The van der Waals surface area contributed by atoms with Gasteiger partial charge in [0.05, 0.1) is 10.1 Å². The first kappa shape index (κ1) is 23.8. The normalized spacial score (nSPS) is 14.3. The molecule has 1 aromatic heterocycles. The maximum absolute atomic E-state index is 12.6. The lowest BCUT2D eigenvalue weighted by molar-refractivity contribution is 0.121. The molecule has 0 bridgehead atoms. The number of sulfone groups is 1. The van der Waals surface area contributed by atoms with Crippen molar-refractivity contribution >= 4 is 21.6 Å². The highest BCUT2D eigenvalue weighted by molar-refractivity contribution is 7.92. The van der Waals surface area contributed by atoms with Crippen molar-refractivity contribution in [3.05, 3.63) is 90.1 Å². The van der Waals surface area contributed by atoms with Gasteiger partial charge in [-0.15, -0.1) is 0 Å². The van der Waals surface area contributed by atoms with E-state index in [1.165, 1.54) is 0 Å². The summed E-state index contributed by atoms with van der Waals surface area (Å²) >= 11 is 0. The van der Waals surface area contributed by atoms with E-state index in [1.54, 1.807) is 19.1 Å². The van der Waals surface area contributed by atoms with Gasteiger partial charge in [0.25, 0.3) is 0 Å². The van der Waals surface area contributed by atoms with E-state index in [9.17, 15) is 13.2 Å². The largest absolute Gasteiger partial charge is 0.441 e. The van der Waals surface area contributed by atoms with Crippen molar-refractivity contribution in [2.45, 2.75) is 42.9 Å².